The lowest BCUT2D eigenvalue weighted by molar-refractivity contribution is -0.137. The molecule has 0 fully saturated rings. The quantitative estimate of drug-likeness (QED) is 0.589. The van der Waals surface area contributed by atoms with Gasteiger partial charge in [-0.1, -0.05) is 28.0 Å². The number of nitrogens with zero attached hydrogens (tertiary/aromatic N) is 4. The number of benzene rings is 2. The summed E-state index contributed by atoms with van der Waals surface area (Å²) in [6, 6.07) is 10.7. The van der Waals surface area contributed by atoms with Gasteiger partial charge in [-0.25, -0.2) is 4.79 Å². The van der Waals surface area contributed by atoms with Crippen molar-refractivity contribution in [3.8, 4) is 5.69 Å². The lowest BCUT2D eigenvalue weighted by atomic mass is 10.2. The fourth-order valence-corrected chi connectivity index (χ4v) is 4.70. The largest absolute Gasteiger partial charge is 0.593 e. The number of aryl methyl sites for hydroxylation is 1. The molecule has 2 heterocycles. The predicted molar refractivity (Wildman–Crippen MR) is 102 cm³/mol. The van der Waals surface area contributed by atoms with Crippen molar-refractivity contribution in [2.45, 2.75) is 31.1 Å². The van der Waals surface area contributed by atoms with Crippen molar-refractivity contribution in [3.05, 3.63) is 76.0 Å². The highest BCUT2D eigenvalue weighted by atomic mass is 32.3. The smallest absolute Gasteiger partial charge is 0.416 e. The minimum Gasteiger partial charge on any atom is -0.593 e. The second kappa shape index (κ2) is 7.18. The van der Waals surface area contributed by atoms with E-state index >= 15 is 0 Å². The average Bonchev–Trinajstić information content (AvgIpc) is 3.04. The maximum Gasteiger partial charge on any atom is 0.416 e. The van der Waals surface area contributed by atoms with Gasteiger partial charge >= 0.3 is 11.9 Å². The molecule has 0 radical (unpaired) electrons. The molecule has 0 N–H and O–H groups in total. The summed E-state index contributed by atoms with van der Waals surface area (Å²) >= 11 is 0. The Morgan fingerprint density at radius 3 is 2.47 bits per heavy atom. The van der Waals surface area contributed by atoms with Crippen LogP contribution in [0.5, 0.6) is 0 Å². The number of hydrogen-bond donors (Lipinski definition) is 0. The zero-order valence-corrected chi connectivity index (χ0v) is 16.6. The van der Waals surface area contributed by atoms with E-state index in [2.05, 4.69) is 5.10 Å². The van der Waals surface area contributed by atoms with Gasteiger partial charge in [0.2, 0.25) is 0 Å². The molecule has 0 bridgehead atoms. The average molecular weight is 438 g/mol. The summed E-state index contributed by atoms with van der Waals surface area (Å²) < 4.78 is 68.3. The summed E-state index contributed by atoms with van der Waals surface area (Å²) in [6.45, 7) is 1.69. The normalized spacial score (nSPS) is 16.8. The number of fused-ring (bicyclic) bond motifs is 1. The van der Waals surface area contributed by atoms with Crippen molar-refractivity contribution < 1.29 is 21.9 Å². The molecule has 11 heteroatoms. The minimum absolute atomic E-state index is 0.0505. The molecule has 1 aliphatic rings. The second-order valence-corrected chi connectivity index (χ2v) is 8.90. The van der Waals surface area contributed by atoms with Crippen LogP contribution in [0.4, 0.5) is 13.2 Å². The molecule has 158 valence electrons. The first kappa shape index (κ1) is 20.5. The Kier molecular flexibility index (Phi) is 4.91. The third-order valence-electron chi connectivity index (χ3n) is 4.91. The molecular weight excluding hydrogens is 421 g/mol. The number of aromatic nitrogens is 3. The van der Waals surface area contributed by atoms with Crippen molar-refractivity contribution in [1.82, 2.24) is 18.7 Å². The zero-order chi connectivity index (χ0) is 21.7. The van der Waals surface area contributed by atoms with Crippen molar-refractivity contribution >= 4 is 10.4 Å². The Labute approximate surface area is 170 Å². The van der Waals surface area contributed by atoms with Crippen LogP contribution in [0.2, 0.25) is 0 Å². The van der Waals surface area contributed by atoms with E-state index in [0.29, 0.717) is 11.8 Å². The minimum atomic E-state index is -4.65. The maximum absolute atomic E-state index is 13.0. The summed E-state index contributed by atoms with van der Waals surface area (Å²) in [6.07, 6.45) is -4.65. The molecule has 0 spiro atoms. The summed E-state index contributed by atoms with van der Waals surface area (Å²) in [5.41, 5.74) is 0.111. The number of alkyl halides is 3. The van der Waals surface area contributed by atoms with Crippen LogP contribution in [0, 0.1) is 6.92 Å². The topological polar surface area (TPSA) is 83.2 Å². The monoisotopic (exact) mass is 438 g/mol. The van der Waals surface area contributed by atoms with E-state index in [4.69, 9.17) is 0 Å². The number of hydrogen-bond acceptors (Lipinski definition) is 4. The standard InChI is InChI=1S/C19H17F3N4O3S/c1-13-5-7-15(8-6-13)26-18(27)25-10-9-24(12-17(25)23-26)30(28,29)16-4-2-3-14(11-16)19(20,21)22/h2-8,11H,9-10,12H2,1H3. The predicted octanol–water partition coefficient (Wildman–Crippen LogP) is 2.78. The van der Waals surface area contributed by atoms with E-state index < -0.39 is 32.7 Å². The summed E-state index contributed by atoms with van der Waals surface area (Å²) in [7, 11) is -4.19. The van der Waals surface area contributed by atoms with Gasteiger partial charge in [0.1, 0.15) is 6.54 Å². The first-order valence-electron chi connectivity index (χ1n) is 9.00. The van der Waals surface area contributed by atoms with Gasteiger partial charge in [-0.2, -0.15) is 17.9 Å². The SMILES string of the molecule is Cc1ccc(-n2nc3n(c2=O)CCN([S+](=O)([O-])c2cccc(C(F)(F)F)c2)C3)cc1. The highest BCUT2D eigenvalue weighted by molar-refractivity contribution is 7.95. The van der Waals surface area contributed by atoms with Gasteiger partial charge in [0.15, 0.2) is 21.1 Å². The lowest BCUT2D eigenvalue weighted by Gasteiger charge is -2.30. The van der Waals surface area contributed by atoms with E-state index in [1.165, 1.54) is 9.25 Å². The molecule has 0 aliphatic carbocycles. The van der Waals surface area contributed by atoms with Crippen LogP contribution in [0.1, 0.15) is 17.0 Å². The van der Waals surface area contributed by atoms with Crippen LogP contribution in [0.3, 0.4) is 0 Å². The zero-order valence-electron chi connectivity index (χ0n) is 15.8. The molecule has 3 aromatic rings. The fraction of sp³-hybridized carbons (Fsp3) is 0.263. The summed E-state index contributed by atoms with van der Waals surface area (Å²) in [5, 5.41) is 4.25. The van der Waals surface area contributed by atoms with Crippen molar-refractivity contribution in [1.29, 1.82) is 0 Å². The summed E-state index contributed by atoms with van der Waals surface area (Å²) in [5.74, 6) is 0.224. The van der Waals surface area contributed by atoms with Crippen LogP contribution >= 0.6 is 0 Å². The van der Waals surface area contributed by atoms with Gasteiger partial charge in [0, 0.05) is 12.6 Å². The highest BCUT2D eigenvalue weighted by Crippen LogP contribution is 2.33. The molecular formula is C19H17F3N4O3S. The molecule has 1 aliphatic heterocycles. The first-order chi connectivity index (χ1) is 14.1. The first-order valence-corrected chi connectivity index (χ1v) is 10.4. The van der Waals surface area contributed by atoms with Crippen LogP contribution in [0.25, 0.3) is 5.69 Å². The number of sulfonamides is 1. The van der Waals surface area contributed by atoms with Gasteiger partial charge in [0.05, 0.1) is 17.8 Å². The Morgan fingerprint density at radius 2 is 1.80 bits per heavy atom. The molecule has 1 atom stereocenters. The lowest BCUT2D eigenvalue weighted by Crippen LogP contribution is -2.43. The molecule has 4 rings (SSSR count). The Bertz CT molecular complexity index is 1200. The maximum atomic E-state index is 13.0. The van der Waals surface area contributed by atoms with E-state index in [1.54, 1.807) is 12.1 Å². The van der Waals surface area contributed by atoms with Crippen molar-refractivity contribution in [3.63, 3.8) is 0 Å². The Balaban J connectivity index is 1.66. The Morgan fingerprint density at radius 1 is 1.10 bits per heavy atom. The van der Waals surface area contributed by atoms with Gasteiger partial charge in [0.25, 0.3) is 0 Å². The van der Waals surface area contributed by atoms with Crippen LogP contribution in [-0.2, 0) is 33.9 Å². The number of halogens is 3. The van der Waals surface area contributed by atoms with E-state index in [9.17, 15) is 26.7 Å². The molecule has 1 aromatic heterocycles. The Hall–Kier alpha value is -2.76. The van der Waals surface area contributed by atoms with Gasteiger partial charge in [-0.15, -0.1) is 9.40 Å². The third kappa shape index (κ3) is 3.59. The molecule has 7 nitrogen and oxygen atoms in total. The van der Waals surface area contributed by atoms with E-state index in [-0.39, 0.29) is 25.5 Å². The third-order valence-corrected chi connectivity index (χ3v) is 6.75. The molecule has 1 unspecified atom stereocenters. The van der Waals surface area contributed by atoms with Gasteiger partial charge < -0.3 is 4.55 Å². The molecule has 2 aromatic carbocycles. The number of rotatable bonds is 3. The molecule has 0 saturated carbocycles. The van der Waals surface area contributed by atoms with Gasteiger partial charge in [-0.3, -0.25) is 4.57 Å². The molecule has 30 heavy (non-hydrogen) atoms. The second-order valence-electron chi connectivity index (χ2n) is 6.96. The van der Waals surface area contributed by atoms with Crippen LogP contribution in [-0.4, -0.2) is 29.8 Å². The van der Waals surface area contributed by atoms with Crippen LogP contribution in [0.15, 0.2) is 58.2 Å². The van der Waals surface area contributed by atoms with E-state index in [0.717, 1.165) is 28.1 Å². The van der Waals surface area contributed by atoms with Crippen molar-refractivity contribution in [2.24, 2.45) is 0 Å². The van der Waals surface area contributed by atoms with E-state index in [1.807, 2.05) is 19.1 Å². The fourth-order valence-electron chi connectivity index (χ4n) is 3.27. The van der Waals surface area contributed by atoms with Crippen molar-refractivity contribution in [2.75, 3.05) is 6.54 Å². The van der Waals surface area contributed by atoms with Gasteiger partial charge in [-0.05, 0) is 31.2 Å². The van der Waals surface area contributed by atoms with Crippen LogP contribution < -0.4 is 5.69 Å². The summed E-state index contributed by atoms with van der Waals surface area (Å²) in [4.78, 5) is 12.2. The highest BCUT2D eigenvalue weighted by Gasteiger charge is 2.38. The molecule has 0 amide bonds. The molecule has 0 saturated heterocycles.